The molecule has 1 aliphatic carbocycles. The van der Waals surface area contributed by atoms with Crippen LogP contribution in [0.15, 0.2) is 29.4 Å². The summed E-state index contributed by atoms with van der Waals surface area (Å²) in [4.78, 5) is 19.1. The summed E-state index contributed by atoms with van der Waals surface area (Å²) < 4.78 is 0. The molecule has 1 aliphatic heterocycles. The summed E-state index contributed by atoms with van der Waals surface area (Å²) in [5.74, 6) is -0.286. The normalized spacial score (nSPS) is 18.5. The van der Waals surface area contributed by atoms with Crippen molar-refractivity contribution >= 4 is 39.6 Å². The molecule has 1 amide bonds. The van der Waals surface area contributed by atoms with Gasteiger partial charge in [0.2, 0.25) is 6.10 Å². The van der Waals surface area contributed by atoms with Crippen molar-refractivity contribution in [3.63, 3.8) is 0 Å². The van der Waals surface area contributed by atoms with E-state index in [1.807, 2.05) is 18.2 Å². The van der Waals surface area contributed by atoms with E-state index >= 15 is 0 Å². The third kappa shape index (κ3) is 3.09. The lowest BCUT2D eigenvalue weighted by atomic mass is 9.96. The smallest absolute Gasteiger partial charge is 0.269 e. The van der Waals surface area contributed by atoms with E-state index in [1.165, 1.54) is 16.2 Å². The molecule has 1 N–H and O–H groups in total. The maximum absolute atomic E-state index is 12.6. The van der Waals surface area contributed by atoms with E-state index in [4.69, 9.17) is 16.4 Å². The van der Waals surface area contributed by atoms with E-state index in [2.05, 4.69) is 16.5 Å². The number of fused-ring (bicyclic) bond motifs is 1. The van der Waals surface area contributed by atoms with Crippen LogP contribution in [0, 0.1) is 11.3 Å². The Labute approximate surface area is 160 Å². The van der Waals surface area contributed by atoms with Crippen LogP contribution in [0.1, 0.15) is 40.8 Å². The minimum atomic E-state index is -0.716. The first kappa shape index (κ1) is 17.1. The Morgan fingerprint density at radius 2 is 2.15 bits per heavy atom. The van der Waals surface area contributed by atoms with E-state index in [0.717, 1.165) is 36.8 Å². The van der Waals surface area contributed by atoms with Crippen LogP contribution in [-0.2, 0) is 22.5 Å². The van der Waals surface area contributed by atoms with Crippen molar-refractivity contribution in [2.45, 2.75) is 38.2 Å². The average Bonchev–Trinajstić information content (AvgIpc) is 3.26. The van der Waals surface area contributed by atoms with E-state index in [-0.39, 0.29) is 5.91 Å². The largest absolute Gasteiger partial charge is 0.382 e. The number of halogens is 1. The first-order chi connectivity index (χ1) is 12.7. The van der Waals surface area contributed by atoms with Crippen LogP contribution in [0.5, 0.6) is 0 Å². The maximum atomic E-state index is 12.6. The van der Waals surface area contributed by atoms with Crippen molar-refractivity contribution < 1.29 is 9.63 Å². The highest BCUT2D eigenvalue weighted by molar-refractivity contribution is 7.16. The minimum absolute atomic E-state index is 0.286. The fourth-order valence-corrected chi connectivity index (χ4v) is 4.82. The van der Waals surface area contributed by atoms with Crippen LogP contribution in [-0.4, -0.2) is 17.7 Å². The molecule has 0 saturated heterocycles. The van der Waals surface area contributed by atoms with Crippen LogP contribution in [0.25, 0.3) is 0 Å². The first-order valence-electron chi connectivity index (χ1n) is 8.50. The number of oxime groups is 1. The predicted molar refractivity (Wildman–Crippen MR) is 102 cm³/mol. The van der Waals surface area contributed by atoms with Gasteiger partial charge in [0.1, 0.15) is 11.1 Å². The molecule has 5 nitrogen and oxygen atoms in total. The molecular formula is C19H16ClN3O2S. The molecule has 0 saturated carbocycles. The van der Waals surface area contributed by atoms with Gasteiger partial charge in [0.05, 0.1) is 11.3 Å². The summed E-state index contributed by atoms with van der Waals surface area (Å²) in [7, 11) is 0. The quantitative estimate of drug-likeness (QED) is 0.856. The summed E-state index contributed by atoms with van der Waals surface area (Å²) in [6.07, 6.45) is 3.74. The first-order valence-corrected chi connectivity index (χ1v) is 9.70. The lowest BCUT2D eigenvalue weighted by Crippen LogP contribution is -2.28. The number of nitriles is 1. The second-order valence-corrected chi connectivity index (χ2v) is 7.84. The van der Waals surface area contributed by atoms with Crippen LogP contribution in [0.4, 0.5) is 5.00 Å². The number of amides is 1. The summed E-state index contributed by atoms with van der Waals surface area (Å²) in [5, 5.41) is 17.6. The van der Waals surface area contributed by atoms with Gasteiger partial charge in [-0.2, -0.15) is 5.26 Å². The van der Waals surface area contributed by atoms with Gasteiger partial charge in [0.15, 0.2) is 0 Å². The zero-order valence-electron chi connectivity index (χ0n) is 13.9. The van der Waals surface area contributed by atoms with Gasteiger partial charge in [0, 0.05) is 21.9 Å². The molecule has 0 spiro atoms. The highest BCUT2D eigenvalue weighted by Crippen LogP contribution is 2.38. The van der Waals surface area contributed by atoms with Crippen LogP contribution >= 0.6 is 22.9 Å². The van der Waals surface area contributed by atoms with Crippen molar-refractivity contribution in [2.24, 2.45) is 5.16 Å². The zero-order valence-corrected chi connectivity index (χ0v) is 15.5. The minimum Gasteiger partial charge on any atom is -0.382 e. The lowest BCUT2D eigenvalue weighted by molar-refractivity contribution is -0.125. The summed E-state index contributed by atoms with van der Waals surface area (Å²) in [6, 6.07) is 9.59. The number of hydrogen-bond acceptors (Lipinski definition) is 5. The Morgan fingerprint density at radius 1 is 1.35 bits per heavy atom. The second-order valence-electron chi connectivity index (χ2n) is 6.33. The molecular weight excluding hydrogens is 370 g/mol. The molecule has 4 rings (SSSR count). The SMILES string of the molecule is N#Cc1c(NC(=O)C2CC(c3ccccc3Cl)=NO2)sc2c1CCCC2. The number of aryl methyl sites for hydroxylation is 1. The topological polar surface area (TPSA) is 74.5 Å². The molecule has 1 unspecified atom stereocenters. The monoisotopic (exact) mass is 385 g/mol. The number of nitrogens with one attached hydrogen (secondary N) is 1. The van der Waals surface area contributed by atoms with Gasteiger partial charge < -0.3 is 10.2 Å². The summed E-state index contributed by atoms with van der Waals surface area (Å²) in [6.45, 7) is 0. The van der Waals surface area contributed by atoms with Gasteiger partial charge in [-0.3, -0.25) is 4.79 Å². The van der Waals surface area contributed by atoms with Gasteiger partial charge in [-0.05, 0) is 37.3 Å². The van der Waals surface area contributed by atoms with E-state index in [0.29, 0.717) is 27.7 Å². The molecule has 0 radical (unpaired) electrons. The van der Waals surface area contributed by atoms with Crippen molar-refractivity contribution in [1.82, 2.24) is 0 Å². The molecule has 1 atom stereocenters. The molecule has 132 valence electrons. The van der Waals surface area contributed by atoms with Crippen molar-refractivity contribution in [1.29, 1.82) is 5.26 Å². The number of carbonyl (C=O) groups is 1. The molecule has 7 heteroatoms. The maximum Gasteiger partial charge on any atom is 0.269 e. The Bertz CT molecular complexity index is 945. The molecule has 26 heavy (non-hydrogen) atoms. The van der Waals surface area contributed by atoms with E-state index in [9.17, 15) is 10.1 Å². The van der Waals surface area contributed by atoms with Gasteiger partial charge in [-0.25, -0.2) is 0 Å². The van der Waals surface area contributed by atoms with E-state index in [1.54, 1.807) is 6.07 Å². The molecule has 0 fully saturated rings. The number of rotatable bonds is 3. The van der Waals surface area contributed by atoms with Gasteiger partial charge in [-0.15, -0.1) is 11.3 Å². The number of benzene rings is 1. The molecule has 2 aromatic rings. The second kappa shape index (κ2) is 7.10. The van der Waals surface area contributed by atoms with Crippen molar-refractivity contribution in [3.05, 3.63) is 50.9 Å². The summed E-state index contributed by atoms with van der Waals surface area (Å²) in [5.41, 5.74) is 3.12. The van der Waals surface area contributed by atoms with E-state index < -0.39 is 6.10 Å². The highest BCUT2D eigenvalue weighted by atomic mass is 35.5. The number of hydrogen-bond donors (Lipinski definition) is 1. The third-order valence-corrected chi connectivity index (χ3v) is 6.20. The fraction of sp³-hybridized carbons (Fsp3) is 0.316. The number of carbonyl (C=O) groups excluding carboxylic acids is 1. The van der Waals surface area contributed by atoms with Crippen LogP contribution in [0.3, 0.4) is 0 Å². The molecule has 2 heterocycles. The fourth-order valence-electron chi connectivity index (χ4n) is 3.34. The van der Waals surface area contributed by atoms with Gasteiger partial charge in [-0.1, -0.05) is 35.0 Å². The number of anilines is 1. The molecule has 2 aliphatic rings. The predicted octanol–water partition coefficient (Wildman–Crippen LogP) is 4.28. The molecule has 1 aromatic heterocycles. The Balaban J connectivity index is 1.48. The standard InChI is InChI=1S/C19H16ClN3O2S/c20-14-7-3-1-6-12(14)15-9-16(25-23-15)18(24)22-19-13(10-21)11-5-2-4-8-17(11)26-19/h1,3,6-7,16H,2,4-5,8-9H2,(H,22,24). The Kier molecular flexibility index (Phi) is 4.66. The Morgan fingerprint density at radius 3 is 2.96 bits per heavy atom. The zero-order chi connectivity index (χ0) is 18.1. The summed E-state index contributed by atoms with van der Waals surface area (Å²) >= 11 is 7.69. The van der Waals surface area contributed by atoms with Crippen LogP contribution < -0.4 is 5.32 Å². The average molecular weight is 386 g/mol. The third-order valence-electron chi connectivity index (χ3n) is 4.67. The lowest BCUT2D eigenvalue weighted by Gasteiger charge is -2.10. The van der Waals surface area contributed by atoms with Crippen molar-refractivity contribution in [3.8, 4) is 6.07 Å². The van der Waals surface area contributed by atoms with Crippen LogP contribution in [0.2, 0.25) is 5.02 Å². The highest BCUT2D eigenvalue weighted by Gasteiger charge is 2.31. The number of thiophene rings is 1. The van der Waals surface area contributed by atoms with Gasteiger partial charge >= 0.3 is 0 Å². The molecule has 0 bridgehead atoms. The number of nitrogens with zero attached hydrogens (tertiary/aromatic N) is 2. The van der Waals surface area contributed by atoms with Gasteiger partial charge in [0.25, 0.3) is 5.91 Å². The van der Waals surface area contributed by atoms with Crippen molar-refractivity contribution in [2.75, 3.05) is 5.32 Å². The Hall–Kier alpha value is -2.36. The molecule has 1 aromatic carbocycles.